The topological polar surface area (TPSA) is 46.5 Å². The Hall–Kier alpha value is -1.35. The van der Waals surface area contributed by atoms with Crippen molar-refractivity contribution in [3.05, 3.63) is 35.4 Å². The molecule has 3 rings (SSSR count). The highest BCUT2D eigenvalue weighted by molar-refractivity contribution is 5.80. The Bertz CT molecular complexity index is 465. The molecule has 0 aromatic heterocycles. The highest BCUT2D eigenvalue weighted by atomic mass is 16.5. The SMILES string of the molecule is O=C(O)C1(OCC2CC2)CCCc2ccccc21. The van der Waals surface area contributed by atoms with Crippen LogP contribution in [-0.4, -0.2) is 17.7 Å². The van der Waals surface area contributed by atoms with Crippen molar-refractivity contribution in [2.24, 2.45) is 5.92 Å². The highest BCUT2D eigenvalue weighted by Gasteiger charge is 2.45. The van der Waals surface area contributed by atoms with Crippen molar-refractivity contribution in [2.75, 3.05) is 6.61 Å². The van der Waals surface area contributed by atoms with Crippen LogP contribution in [0.15, 0.2) is 24.3 Å². The van der Waals surface area contributed by atoms with E-state index < -0.39 is 11.6 Å². The maximum atomic E-state index is 11.7. The van der Waals surface area contributed by atoms with E-state index in [0.29, 0.717) is 18.9 Å². The Labute approximate surface area is 107 Å². The molecule has 2 aliphatic carbocycles. The van der Waals surface area contributed by atoms with Crippen LogP contribution in [0.25, 0.3) is 0 Å². The molecule has 1 unspecified atom stereocenters. The van der Waals surface area contributed by atoms with Gasteiger partial charge in [0.1, 0.15) is 0 Å². The van der Waals surface area contributed by atoms with Gasteiger partial charge in [-0.3, -0.25) is 0 Å². The van der Waals surface area contributed by atoms with Gasteiger partial charge in [0.2, 0.25) is 0 Å². The third-order valence-corrected chi connectivity index (χ3v) is 4.04. The summed E-state index contributed by atoms with van der Waals surface area (Å²) in [5.41, 5.74) is 0.892. The largest absolute Gasteiger partial charge is 0.479 e. The van der Waals surface area contributed by atoms with Gasteiger partial charge in [-0.2, -0.15) is 0 Å². The summed E-state index contributed by atoms with van der Waals surface area (Å²) in [4.78, 5) is 11.7. The van der Waals surface area contributed by atoms with Crippen molar-refractivity contribution in [1.29, 1.82) is 0 Å². The Morgan fingerprint density at radius 3 is 2.89 bits per heavy atom. The molecule has 18 heavy (non-hydrogen) atoms. The van der Waals surface area contributed by atoms with Crippen molar-refractivity contribution in [2.45, 2.75) is 37.7 Å². The smallest absolute Gasteiger partial charge is 0.340 e. The normalized spacial score (nSPS) is 26.7. The zero-order chi connectivity index (χ0) is 12.6. The molecule has 3 nitrogen and oxygen atoms in total. The molecule has 0 amide bonds. The lowest BCUT2D eigenvalue weighted by Crippen LogP contribution is -2.42. The van der Waals surface area contributed by atoms with E-state index >= 15 is 0 Å². The molecule has 0 heterocycles. The Kier molecular flexibility index (Phi) is 2.86. The first-order chi connectivity index (χ1) is 8.72. The minimum absolute atomic E-state index is 0.579. The van der Waals surface area contributed by atoms with Gasteiger partial charge in [-0.25, -0.2) is 4.79 Å². The van der Waals surface area contributed by atoms with Crippen LogP contribution in [0.3, 0.4) is 0 Å². The summed E-state index contributed by atoms with van der Waals surface area (Å²) in [5.74, 6) is -0.259. The fourth-order valence-corrected chi connectivity index (χ4v) is 2.77. The first-order valence-electron chi connectivity index (χ1n) is 6.68. The van der Waals surface area contributed by atoms with E-state index in [4.69, 9.17) is 4.74 Å². The van der Waals surface area contributed by atoms with Gasteiger partial charge < -0.3 is 9.84 Å². The van der Waals surface area contributed by atoms with Crippen molar-refractivity contribution in [3.8, 4) is 0 Å². The third kappa shape index (κ3) is 1.93. The number of aryl methyl sites for hydroxylation is 1. The number of hydrogen-bond donors (Lipinski definition) is 1. The lowest BCUT2D eigenvalue weighted by Gasteiger charge is -2.35. The number of benzene rings is 1. The summed E-state index contributed by atoms with van der Waals surface area (Å²) < 4.78 is 5.88. The molecule has 2 aliphatic rings. The number of fused-ring (bicyclic) bond motifs is 1. The number of rotatable bonds is 4. The molecule has 1 atom stereocenters. The molecule has 1 aromatic rings. The van der Waals surface area contributed by atoms with Crippen molar-refractivity contribution in [1.82, 2.24) is 0 Å². The molecule has 1 fully saturated rings. The third-order valence-electron chi connectivity index (χ3n) is 4.04. The maximum absolute atomic E-state index is 11.7. The highest BCUT2D eigenvalue weighted by Crippen LogP contribution is 2.41. The maximum Gasteiger partial charge on any atom is 0.340 e. The van der Waals surface area contributed by atoms with Crippen LogP contribution in [0, 0.1) is 5.92 Å². The molecule has 0 radical (unpaired) electrons. The molecule has 1 aromatic carbocycles. The van der Waals surface area contributed by atoms with E-state index in [9.17, 15) is 9.90 Å². The number of carboxylic acids is 1. The van der Waals surface area contributed by atoms with E-state index in [1.165, 1.54) is 12.8 Å². The second kappa shape index (κ2) is 4.39. The van der Waals surface area contributed by atoms with Crippen molar-refractivity contribution < 1.29 is 14.6 Å². The van der Waals surface area contributed by atoms with Gasteiger partial charge in [0.25, 0.3) is 0 Å². The average molecular weight is 246 g/mol. The van der Waals surface area contributed by atoms with Crippen LogP contribution >= 0.6 is 0 Å². The molecular formula is C15H18O3. The summed E-state index contributed by atoms with van der Waals surface area (Å²) in [6.45, 7) is 0.584. The predicted molar refractivity (Wildman–Crippen MR) is 67.4 cm³/mol. The van der Waals surface area contributed by atoms with Crippen LogP contribution < -0.4 is 0 Å². The zero-order valence-electron chi connectivity index (χ0n) is 10.4. The predicted octanol–water partition coefficient (Wildman–Crippen LogP) is 2.73. The van der Waals surface area contributed by atoms with Gasteiger partial charge in [0.15, 0.2) is 5.60 Å². The van der Waals surface area contributed by atoms with Crippen molar-refractivity contribution in [3.63, 3.8) is 0 Å². The van der Waals surface area contributed by atoms with Gasteiger partial charge >= 0.3 is 5.97 Å². The van der Waals surface area contributed by atoms with Crippen LogP contribution in [0.1, 0.15) is 36.8 Å². The first-order valence-corrected chi connectivity index (χ1v) is 6.68. The molecule has 1 N–H and O–H groups in total. The van der Waals surface area contributed by atoms with E-state index in [1.807, 2.05) is 24.3 Å². The lowest BCUT2D eigenvalue weighted by atomic mass is 9.79. The number of hydrogen-bond acceptors (Lipinski definition) is 2. The first kappa shape index (κ1) is 11.7. The number of ether oxygens (including phenoxy) is 1. The monoisotopic (exact) mass is 246 g/mol. The van der Waals surface area contributed by atoms with E-state index in [0.717, 1.165) is 24.0 Å². The quantitative estimate of drug-likeness (QED) is 0.888. The van der Waals surface area contributed by atoms with Gasteiger partial charge in [-0.15, -0.1) is 0 Å². The lowest BCUT2D eigenvalue weighted by molar-refractivity contribution is -0.171. The van der Waals surface area contributed by atoms with E-state index in [1.54, 1.807) is 0 Å². The van der Waals surface area contributed by atoms with Gasteiger partial charge in [0.05, 0.1) is 6.61 Å². The van der Waals surface area contributed by atoms with Crippen LogP contribution in [0.2, 0.25) is 0 Å². The standard InChI is InChI=1S/C15H18O3/c16-14(17)15(18-10-11-7-8-11)9-3-5-12-4-1-2-6-13(12)15/h1-2,4,6,11H,3,5,7-10H2,(H,16,17). The molecule has 0 aliphatic heterocycles. The minimum atomic E-state index is -1.10. The summed E-state index contributed by atoms with van der Waals surface area (Å²) in [5, 5.41) is 9.64. The fourth-order valence-electron chi connectivity index (χ4n) is 2.77. The van der Waals surface area contributed by atoms with Crippen LogP contribution in [-0.2, 0) is 21.6 Å². The molecule has 0 bridgehead atoms. The molecule has 96 valence electrons. The molecular weight excluding hydrogens is 228 g/mol. The second-order valence-corrected chi connectivity index (χ2v) is 5.40. The van der Waals surface area contributed by atoms with Crippen LogP contribution in [0.5, 0.6) is 0 Å². The second-order valence-electron chi connectivity index (χ2n) is 5.40. The molecule has 1 saturated carbocycles. The Morgan fingerprint density at radius 2 is 2.17 bits per heavy atom. The number of carbonyl (C=O) groups is 1. The van der Waals surface area contributed by atoms with Crippen LogP contribution in [0.4, 0.5) is 0 Å². The Balaban J connectivity index is 1.95. The van der Waals surface area contributed by atoms with E-state index in [-0.39, 0.29) is 0 Å². The molecule has 0 saturated heterocycles. The van der Waals surface area contributed by atoms with E-state index in [2.05, 4.69) is 0 Å². The van der Waals surface area contributed by atoms with Crippen molar-refractivity contribution >= 4 is 5.97 Å². The number of carboxylic acid groups (broad SMARTS) is 1. The van der Waals surface area contributed by atoms with Gasteiger partial charge in [0, 0.05) is 0 Å². The Morgan fingerprint density at radius 1 is 1.39 bits per heavy atom. The summed E-state index contributed by atoms with van der Waals surface area (Å²) >= 11 is 0. The zero-order valence-corrected chi connectivity index (χ0v) is 10.4. The van der Waals surface area contributed by atoms with Gasteiger partial charge in [-0.05, 0) is 49.1 Å². The summed E-state index contributed by atoms with van der Waals surface area (Å²) in [6.07, 6.45) is 4.78. The minimum Gasteiger partial charge on any atom is -0.479 e. The number of aliphatic carboxylic acids is 1. The average Bonchev–Trinajstić information content (AvgIpc) is 3.20. The summed E-state index contributed by atoms with van der Waals surface area (Å²) in [6, 6.07) is 7.81. The summed E-state index contributed by atoms with van der Waals surface area (Å²) in [7, 11) is 0. The van der Waals surface area contributed by atoms with Gasteiger partial charge in [-0.1, -0.05) is 24.3 Å². The molecule has 0 spiro atoms. The molecule has 3 heteroatoms. The fraction of sp³-hybridized carbons (Fsp3) is 0.533.